The quantitative estimate of drug-likeness (QED) is 0.110. The standard InChI is InChI=1S/C22H20N4O8S2.Na/c23-18(27)13-6-8-25(9-7-13)10-14-11-35-21-15(20(29)26(21)16(14)22(30)31)24-19(28)17(36(32,33)34)12-4-2-1-3-5-12;/h1-9,15,17,21H,10-11H2,(H4-,23,24,27,28,30,31,32,33,34);/q;+1/p+1/t15-,17-,21-;/m1./s1. The fourth-order valence-corrected chi connectivity index (χ4v) is 6.24. The van der Waals surface area contributed by atoms with Gasteiger partial charge in [0.15, 0.2) is 24.2 Å². The SMILES string of the molecule is NC(=O)c1cc[n+](CC2=C(C(=O)O)N3C(=O)[C@@H](NC(=O)[C@@H](c4ccccc4)S(=O)(=O)O)[C@H]3SC2)cc1.[Na+]. The van der Waals surface area contributed by atoms with Crippen molar-refractivity contribution in [3.05, 3.63) is 77.3 Å². The maximum absolute atomic E-state index is 12.9. The third-order valence-corrected chi connectivity index (χ3v) is 8.16. The van der Waals surface area contributed by atoms with Gasteiger partial charge in [-0.25, -0.2) is 9.36 Å². The second kappa shape index (κ2) is 11.3. The molecule has 3 heterocycles. The van der Waals surface area contributed by atoms with Crippen LogP contribution in [0.5, 0.6) is 0 Å². The minimum absolute atomic E-state index is 0. The van der Waals surface area contributed by atoms with Gasteiger partial charge in [0.25, 0.3) is 16.0 Å². The van der Waals surface area contributed by atoms with Crippen LogP contribution in [0.15, 0.2) is 66.1 Å². The van der Waals surface area contributed by atoms with E-state index in [4.69, 9.17) is 5.73 Å². The summed E-state index contributed by atoms with van der Waals surface area (Å²) in [6, 6.07) is 9.12. The van der Waals surface area contributed by atoms with Crippen molar-refractivity contribution in [2.45, 2.75) is 23.2 Å². The predicted molar refractivity (Wildman–Crippen MR) is 126 cm³/mol. The summed E-state index contributed by atoms with van der Waals surface area (Å²) in [5.41, 5.74) is 5.73. The van der Waals surface area contributed by atoms with E-state index in [2.05, 4.69) is 5.32 Å². The molecular weight excluding hydrogens is 535 g/mol. The van der Waals surface area contributed by atoms with Crippen LogP contribution in [0.2, 0.25) is 0 Å². The zero-order valence-electron chi connectivity index (χ0n) is 19.5. The summed E-state index contributed by atoms with van der Waals surface area (Å²) < 4.78 is 35.1. The Morgan fingerprint density at radius 2 is 1.78 bits per heavy atom. The number of β-lactam (4-membered cyclic amide) rings is 1. The number of carboxylic acids is 1. The zero-order chi connectivity index (χ0) is 26.2. The van der Waals surface area contributed by atoms with Gasteiger partial charge in [-0.05, 0) is 5.56 Å². The molecule has 3 amide bonds. The molecule has 0 unspecified atom stereocenters. The van der Waals surface area contributed by atoms with Crippen molar-refractivity contribution in [2.75, 3.05) is 5.75 Å². The Labute approximate surface area is 237 Å². The first-order valence-corrected chi connectivity index (χ1v) is 13.0. The number of thioether (sulfide) groups is 1. The molecule has 1 saturated heterocycles. The Hall–Kier alpha value is -2.75. The van der Waals surface area contributed by atoms with Crippen LogP contribution in [-0.2, 0) is 31.0 Å². The minimum Gasteiger partial charge on any atom is -0.477 e. The molecule has 12 nitrogen and oxygen atoms in total. The van der Waals surface area contributed by atoms with Crippen molar-refractivity contribution in [2.24, 2.45) is 5.73 Å². The number of pyridine rings is 1. The Bertz CT molecular complexity index is 1380. The number of carbonyl (C=O) groups excluding carboxylic acids is 3. The summed E-state index contributed by atoms with van der Waals surface area (Å²) in [5, 5.41) is 9.47. The normalized spacial score (nSPS) is 19.7. The average Bonchev–Trinajstić information content (AvgIpc) is 2.82. The summed E-state index contributed by atoms with van der Waals surface area (Å²) in [4.78, 5) is 50.1. The van der Waals surface area contributed by atoms with Gasteiger partial charge in [-0.1, -0.05) is 30.3 Å². The number of hydrogen-bond acceptors (Lipinski definition) is 7. The molecule has 1 aromatic heterocycles. The number of aromatic nitrogens is 1. The molecule has 37 heavy (non-hydrogen) atoms. The Balaban J connectivity index is 0.00000380. The number of nitrogens with zero attached hydrogens (tertiary/aromatic N) is 2. The summed E-state index contributed by atoms with van der Waals surface area (Å²) in [7, 11) is -4.85. The van der Waals surface area contributed by atoms with E-state index in [1.165, 1.54) is 48.2 Å². The van der Waals surface area contributed by atoms with Gasteiger partial charge >= 0.3 is 35.5 Å². The van der Waals surface area contributed by atoms with E-state index in [1.807, 2.05) is 0 Å². The molecule has 1 fully saturated rings. The number of carboxylic acid groups (broad SMARTS) is 1. The smallest absolute Gasteiger partial charge is 0.477 e. The second-order valence-electron chi connectivity index (χ2n) is 8.08. The molecule has 0 radical (unpaired) electrons. The van der Waals surface area contributed by atoms with Gasteiger partial charge < -0.3 is 16.2 Å². The van der Waals surface area contributed by atoms with E-state index in [0.717, 1.165) is 4.90 Å². The van der Waals surface area contributed by atoms with Crippen LogP contribution in [0.3, 0.4) is 0 Å². The number of fused-ring (bicyclic) bond motifs is 1. The number of nitrogens with one attached hydrogen (secondary N) is 1. The van der Waals surface area contributed by atoms with E-state index in [-0.39, 0.29) is 58.7 Å². The molecule has 0 saturated carbocycles. The van der Waals surface area contributed by atoms with Gasteiger partial charge in [0, 0.05) is 23.5 Å². The van der Waals surface area contributed by atoms with Gasteiger partial charge in [0.1, 0.15) is 17.1 Å². The first-order chi connectivity index (χ1) is 17.0. The van der Waals surface area contributed by atoms with Crippen LogP contribution in [0, 0.1) is 0 Å². The third kappa shape index (κ3) is 5.89. The van der Waals surface area contributed by atoms with Crippen molar-refractivity contribution < 1.29 is 71.4 Å². The molecule has 3 atom stereocenters. The maximum Gasteiger partial charge on any atom is 1.00 e. The molecule has 1 aromatic carbocycles. The summed E-state index contributed by atoms with van der Waals surface area (Å²) in [6.45, 7) is 0.125. The number of hydrogen-bond donors (Lipinski definition) is 4. The zero-order valence-corrected chi connectivity index (χ0v) is 23.1. The number of amides is 3. The van der Waals surface area contributed by atoms with E-state index < -0.39 is 50.5 Å². The summed E-state index contributed by atoms with van der Waals surface area (Å²) in [5.74, 6) is -3.53. The fourth-order valence-electron chi connectivity index (χ4n) is 4.07. The molecule has 2 aliphatic heterocycles. The number of carbonyl (C=O) groups is 4. The van der Waals surface area contributed by atoms with E-state index in [1.54, 1.807) is 23.0 Å². The van der Waals surface area contributed by atoms with Gasteiger partial charge in [0.05, 0.1) is 5.56 Å². The molecule has 0 bridgehead atoms. The molecular formula is C22H21N4NaO8S2+2. The molecule has 2 aliphatic rings. The number of benzene rings is 1. The van der Waals surface area contributed by atoms with Crippen LogP contribution in [0.25, 0.3) is 0 Å². The van der Waals surface area contributed by atoms with Gasteiger partial charge in [-0.2, -0.15) is 8.42 Å². The second-order valence-corrected chi connectivity index (χ2v) is 10.7. The molecule has 5 N–H and O–H groups in total. The number of primary amides is 1. The van der Waals surface area contributed by atoms with Gasteiger partial charge in [-0.3, -0.25) is 23.8 Å². The Morgan fingerprint density at radius 3 is 2.32 bits per heavy atom. The number of aliphatic carboxylic acids is 1. The van der Waals surface area contributed by atoms with E-state index in [9.17, 15) is 37.3 Å². The van der Waals surface area contributed by atoms with Gasteiger partial charge in [-0.15, -0.1) is 11.8 Å². The molecule has 188 valence electrons. The molecule has 2 aromatic rings. The predicted octanol–water partition coefficient (Wildman–Crippen LogP) is -3.56. The van der Waals surface area contributed by atoms with Gasteiger partial charge in [0.2, 0.25) is 11.8 Å². The molecule has 4 rings (SSSR count). The van der Waals surface area contributed by atoms with Crippen molar-refractivity contribution in [1.82, 2.24) is 10.2 Å². The van der Waals surface area contributed by atoms with E-state index >= 15 is 0 Å². The van der Waals surface area contributed by atoms with Crippen molar-refractivity contribution in [1.29, 1.82) is 0 Å². The molecule has 0 spiro atoms. The summed E-state index contributed by atoms with van der Waals surface area (Å²) in [6.07, 6.45) is 3.12. The summed E-state index contributed by atoms with van der Waals surface area (Å²) >= 11 is 1.21. The van der Waals surface area contributed by atoms with Crippen LogP contribution in [0.4, 0.5) is 0 Å². The topological polar surface area (TPSA) is 188 Å². The monoisotopic (exact) mass is 556 g/mol. The van der Waals surface area contributed by atoms with Crippen molar-refractivity contribution in [3.63, 3.8) is 0 Å². The molecule has 0 aliphatic carbocycles. The maximum atomic E-state index is 12.9. The average molecular weight is 557 g/mol. The Morgan fingerprint density at radius 1 is 1.16 bits per heavy atom. The molecule has 15 heteroatoms. The van der Waals surface area contributed by atoms with Crippen LogP contribution in [0.1, 0.15) is 21.2 Å². The number of nitrogens with two attached hydrogens (primary N) is 1. The van der Waals surface area contributed by atoms with Crippen molar-refractivity contribution >= 4 is 45.6 Å². The van der Waals surface area contributed by atoms with E-state index in [0.29, 0.717) is 5.57 Å². The van der Waals surface area contributed by atoms with Crippen molar-refractivity contribution in [3.8, 4) is 0 Å². The largest absolute Gasteiger partial charge is 1.00 e. The Kier molecular flexibility index (Phi) is 8.82. The third-order valence-electron chi connectivity index (χ3n) is 5.73. The van der Waals surface area contributed by atoms with Crippen LogP contribution in [-0.4, -0.2) is 63.8 Å². The van der Waals surface area contributed by atoms with Crippen LogP contribution >= 0.6 is 11.8 Å². The fraction of sp³-hybridized carbons (Fsp3) is 0.227. The van der Waals surface area contributed by atoms with Crippen LogP contribution < -0.4 is 45.2 Å². The number of rotatable bonds is 8. The first kappa shape index (κ1) is 28.8. The minimum atomic E-state index is -4.85. The first-order valence-electron chi connectivity index (χ1n) is 10.5.